The van der Waals surface area contributed by atoms with Gasteiger partial charge in [-0.1, -0.05) is 48.5 Å². The minimum absolute atomic E-state index is 0.654. The maximum absolute atomic E-state index is 9.18. The Morgan fingerprint density at radius 1 is 0.955 bits per heavy atom. The van der Waals surface area contributed by atoms with Gasteiger partial charge in [0.05, 0.1) is 17.3 Å². The summed E-state index contributed by atoms with van der Waals surface area (Å²) in [5.41, 5.74) is 6.16. The van der Waals surface area contributed by atoms with Gasteiger partial charge < -0.3 is 0 Å². The highest BCUT2D eigenvalue weighted by Crippen LogP contribution is 2.22. The fraction of sp³-hybridized carbons (Fsp3) is 0.100. The second kappa shape index (κ2) is 6.24. The molecule has 0 saturated heterocycles. The molecule has 1 aromatic heterocycles. The van der Waals surface area contributed by atoms with Gasteiger partial charge in [-0.3, -0.25) is 4.98 Å². The third kappa shape index (κ3) is 2.89. The molecule has 2 heteroatoms. The summed E-state index contributed by atoms with van der Waals surface area (Å²) in [7, 11) is 0. The van der Waals surface area contributed by atoms with E-state index in [0.29, 0.717) is 5.56 Å². The molecular formula is C20H16N2. The van der Waals surface area contributed by atoms with E-state index < -0.39 is 0 Å². The number of pyridine rings is 1. The molecule has 0 radical (unpaired) electrons. The average Bonchev–Trinajstić information content (AvgIpc) is 2.58. The number of benzene rings is 2. The number of hydrogen-bond donors (Lipinski definition) is 0. The van der Waals surface area contributed by atoms with Crippen molar-refractivity contribution in [1.29, 1.82) is 5.26 Å². The first kappa shape index (κ1) is 14.0. The largest absolute Gasteiger partial charge is 0.256 e. The fourth-order valence-corrected chi connectivity index (χ4v) is 2.52. The summed E-state index contributed by atoms with van der Waals surface area (Å²) in [6.45, 7) is 2.13. The molecule has 0 spiro atoms. The molecule has 2 aromatic carbocycles. The Hall–Kier alpha value is -2.92. The van der Waals surface area contributed by atoms with E-state index in [1.165, 1.54) is 16.7 Å². The molecule has 3 aromatic rings. The van der Waals surface area contributed by atoms with Gasteiger partial charge in [-0.05, 0) is 42.2 Å². The standard InChI is InChI=1S/C20H16N2/c1-15-6-2-3-7-17(15)12-16-10-11-20(22-14-16)19-9-5-4-8-18(19)13-21/h2-11,14H,12H2,1H3. The van der Waals surface area contributed by atoms with Crippen LogP contribution in [-0.2, 0) is 6.42 Å². The molecule has 1 heterocycles. The highest BCUT2D eigenvalue weighted by atomic mass is 14.7. The van der Waals surface area contributed by atoms with Crippen molar-refractivity contribution in [3.05, 3.63) is 89.1 Å². The van der Waals surface area contributed by atoms with Crippen molar-refractivity contribution in [1.82, 2.24) is 4.98 Å². The third-order valence-corrected chi connectivity index (χ3v) is 3.80. The van der Waals surface area contributed by atoms with Gasteiger partial charge >= 0.3 is 0 Å². The second-order valence-corrected chi connectivity index (χ2v) is 5.31. The maximum atomic E-state index is 9.18. The second-order valence-electron chi connectivity index (χ2n) is 5.31. The van der Waals surface area contributed by atoms with Crippen LogP contribution in [0.3, 0.4) is 0 Å². The molecule has 0 fully saturated rings. The van der Waals surface area contributed by atoms with Gasteiger partial charge in [-0.2, -0.15) is 5.26 Å². The summed E-state index contributed by atoms with van der Waals surface area (Å²) in [5, 5.41) is 9.18. The van der Waals surface area contributed by atoms with E-state index in [2.05, 4.69) is 48.3 Å². The summed E-state index contributed by atoms with van der Waals surface area (Å²) in [6.07, 6.45) is 2.77. The van der Waals surface area contributed by atoms with Gasteiger partial charge in [-0.25, -0.2) is 0 Å². The first-order valence-electron chi connectivity index (χ1n) is 7.27. The van der Waals surface area contributed by atoms with Gasteiger partial charge in [0.2, 0.25) is 0 Å². The average molecular weight is 284 g/mol. The predicted octanol–water partition coefficient (Wildman–Crippen LogP) is 4.52. The number of aromatic nitrogens is 1. The zero-order valence-electron chi connectivity index (χ0n) is 12.5. The Morgan fingerprint density at radius 2 is 1.73 bits per heavy atom. The normalized spacial score (nSPS) is 10.2. The maximum Gasteiger partial charge on any atom is 0.0998 e. The summed E-state index contributed by atoms with van der Waals surface area (Å²) >= 11 is 0. The van der Waals surface area contributed by atoms with Gasteiger partial charge in [0.25, 0.3) is 0 Å². The third-order valence-electron chi connectivity index (χ3n) is 3.80. The number of nitriles is 1. The summed E-state index contributed by atoms with van der Waals surface area (Å²) in [6, 6.07) is 22.2. The lowest BCUT2D eigenvalue weighted by molar-refractivity contribution is 1.12. The first-order valence-corrected chi connectivity index (χ1v) is 7.27. The lowest BCUT2D eigenvalue weighted by Crippen LogP contribution is -1.94. The molecule has 0 unspecified atom stereocenters. The van der Waals surface area contributed by atoms with Crippen LogP contribution in [-0.4, -0.2) is 4.98 Å². The van der Waals surface area contributed by atoms with Crippen LogP contribution >= 0.6 is 0 Å². The van der Waals surface area contributed by atoms with E-state index in [9.17, 15) is 5.26 Å². The van der Waals surface area contributed by atoms with Crippen molar-refractivity contribution in [3.63, 3.8) is 0 Å². The minimum Gasteiger partial charge on any atom is -0.256 e. The molecule has 3 rings (SSSR count). The van der Waals surface area contributed by atoms with Crippen LogP contribution in [0.1, 0.15) is 22.3 Å². The van der Waals surface area contributed by atoms with Gasteiger partial charge in [0.1, 0.15) is 0 Å². The number of nitrogens with zero attached hydrogens (tertiary/aromatic N) is 2. The van der Waals surface area contributed by atoms with Crippen LogP contribution in [0.2, 0.25) is 0 Å². The molecule has 0 atom stereocenters. The van der Waals surface area contributed by atoms with Crippen molar-refractivity contribution in [2.24, 2.45) is 0 Å². The molecule has 2 nitrogen and oxygen atoms in total. The van der Waals surface area contributed by atoms with E-state index in [1.807, 2.05) is 36.5 Å². The predicted molar refractivity (Wildman–Crippen MR) is 88.4 cm³/mol. The quantitative estimate of drug-likeness (QED) is 0.709. The molecule has 0 aliphatic carbocycles. The van der Waals surface area contributed by atoms with E-state index in [4.69, 9.17) is 0 Å². The molecule has 106 valence electrons. The summed E-state index contributed by atoms with van der Waals surface area (Å²) < 4.78 is 0. The Morgan fingerprint density at radius 3 is 2.45 bits per heavy atom. The first-order chi connectivity index (χ1) is 10.8. The van der Waals surface area contributed by atoms with Crippen molar-refractivity contribution >= 4 is 0 Å². The van der Waals surface area contributed by atoms with Crippen LogP contribution in [0.5, 0.6) is 0 Å². The zero-order valence-corrected chi connectivity index (χ0v) is 12.5. The summed E-state index contributed by atoms with van der Waals surface area (Å²) in [4.78, 5) is 4.53. The smallest absolute Gasteiger partial charge is 0.0998 e. The zero-order chi connectivity index (χ0) is 15.4. The topological polar surface area (TPSA) is 36.7 Å². The molecule has 0 aliphatic heterocycles. The van der Waals surface area contributed by atoms with E-state index in [1.54, 1.807) is 0 Å². The van der Waals surface area contributed by atoms with Crippen LogP contribution < -0.4 is 0 Å². The molecule has 0 amide bonds. The van der Waals surface area contributed by atoms with Gasteiger partial charge in [0.15, 0.2) is 0 Å². The van der Waals surface area contributed by atoms with E-state index >= 15 is 0 Å². The van der Waals surface area contributed by atoms with Gasteiger partial charge in [0, 0.05) is 11.8 Å². The van der Waals surface area contributed by atoms with Crippen molar-refractivity contribution < 1.29 is 0 Å². The Balaban J connectivity index is 1.88. The molecular weight excluding hydrogens is 268 g/mol. The van der Waals surface area contributed by atoms with Crippen LogP contribution in [0.15, 0.2) is 66.9 Å². The van der Waals surface area contributed by atoms with Crippen molar-refractivity contribution in [3.8, 4) is 17.3 Å². The number of rotatable bonds is 3. The Kier molecular flexibility index (Phi) is 3.98. The fourth-order valence-electron chi connectivity index (χ4n) is 2.52. The number of hydrogen-bond acceptors (Lipinski definition) is 2. The van der Waals surface area contributed by atoms with Gasteiger partial charge in [-0.15, -0.1) is 0 Å². The van der Waals surface area contributed by atoms with Crippen LogP contribution in [0, 0.1) is 18.3 Å². The van der Waals surface area contributed by atoms with Crippen molar-refractivity contribution in [2.75, 3.05) is 0 Å². The molecule has 0 N–H and O–H groups in total. The van der Waals surface area contributed by atoms with Crippen molar-refractivity contribution in [2.45, 2.75) is 13.3 Å². The molecule has 0 saturated carbocycles. The Bertz CT molecular complexity index is 827. The SMILES string of the molecule is Cc1ccccc1Cc1ccc(-c2ccccc2C#N)nc1. The highest BCUT2D eigenvalue weighted by Gasteiger charge is 2.06. The van der Waals surface area contributed by atoms with Crippen LogP contribution in [0.4, 0.5) is 0 Å². The van der Waals surface area contributed by atoms with Crippen LogP contribution in [0.25, 0.3) is 11.3 Å². The monoisotopic (exact) mass is 284 g/mol. The summed E-state index contributed by atoms with van der Waals surface area (Å²) in [5.74, 6) is 0. The molecule has 0 aliphatic rings. The lowest BCUT2D eigenvalue weighted by Gasteiger charge is -2.07. The van der Waals surface area contributed by atoms with E-state index in [-0.39, 0.29) is 0 Å². The minimum atomic E-state index is 0.654. The molecule has 0 bridgehead atoms. The highest BCUT2D eigenvalue weighted by molar-refractivity contribution is 5.67. The van der Waals surface area contributed by atoms with E-state index in [0.717, 1.165) is 17.7 Å². The molecule has 22 heavy (non-hydrogen) atoms. The number of aryl methyl sites for hydroxylation is 1. The lowest BCUT2D eigenvalue weighted by atomic mass is 10.0. The Labute approximate surface area is 130 Å².